The Kier molecular flexibility index (Phi) is 6.27. The predicted molar refractivity (Wildman–Crippen MR) is 139 cm³/mol. The number of benzene rings is 2. The molecule has 1 saturated carbocycles. The van der Waals surface area contributed by atoms with Gasteiger partial charge in [-0.2, -0.15) is 0 Å². The first-order valence-electron chi connectivity index (χ1n) is 12.2. The summed E-state index contributed by atoms with van der Waals surface area (Å²) in [5.74, 6) is -0.530. The molecule has 1 aliphatic carbocycles. The number of halogens is 1. The second-order valence-electron chi connectivity index (χ2n) is 9.81. The Morgan fingerprint density at radius 3 is 2.53 bits per heavy atom. The monoisotopic (exact) mass is 506 g/mol. The van der Waals surface area contributed by atoms with Crippen LogP contribution in [0.2, 0.25) is 0 Å². The number of hydrogen-bond acceptors (Lipinski definition) is 4. The van der Waals surface area contributed by atoms with E-state index >= 15 is 4.39 Å². The van der Waals surface area contributed by atoms with Gasteiger partial charge >= 0.3 is 0 Å². The topological polar surface area (TPSA) is 68.5 Å². The summed E-state index contributed by atoms with van der Waals surface area (Å²) in [4.78, 5) is 34.1. The summed E-state index contributed by atoms with van der Waals surface area (Å²) in [5, 5.41) is 9.65. The van der Waals surface area contributed by atoms with Gasteiger partial charge in [0, 0.05) is 30.9 Å². The molecule has 2 aliphatic heterocycles. The minimum Gasteiger partial charge on any atom is -0.389 e. The highest BCUT2D eigenvalue weighted by Crippen LogP contribution is 2.48. The van der Waals surface area contributed by atoms with E-state index in [-0.39, 0.29) is 17.6 Å². The fraction of sp³-hybridized carbons (Fsp3) is 0.407. The van der Waals surface area contributed by atoms with Gasteiger partial charge in [0.25, 0.3) is 5.91 Å². The molecule has 1 N–H and O–H groups in total. The first-order valence-corrected chi connectivity index (χ1v) is 12.6. The fourth-order valence-electron chi connectivity index (χ4n) is 5.24. The van der Waals surface area contributed by atoms with Gasteiger partial charge in [-0.3, -0.25) is 14.5 Å². The van der Waals surface area contributed by atoms with Crippen molar-refractivity contribution in [3.8, 4) is 0 Å². The Hall–Kier alpha value is -3.35. The Bertz CT molecular complexity index is 1300. The minimum atomic E-state index is -0.814. The average Bonchev–Trinajstić information content (AvgIpc) is 3.04. The largest absolute Gasteiger partial charge is 0.389 e. The number of aliphatic hydroxyl groups excluding tert-OH is 1. The van der Waals surface area contributed by atoms with Crippen molar-refractivity contribution in [1.29, 1.82) is 0 Å². The van der Waals surface area contributed by atoms with Crippen molar-refractivity contribution in [3.05, 3.63) is 64.8 Å². The molecule has 2 saturated heterocycles. The van der Waals surface area contributed by atoms with Gasteiger partial charge in [-0.05, 0) is 86.6 Å². The molecule has 7 nitrogen and oxygen atoms in total. The molecule has 0 unspecified atom stereocenters. The van der Waals surface area contributed by atoms with Gasteiger partial charge in [-0.1, -0.05) is 12.1 Å². The molecule has 0 radical (unpaired) electrons. The lowest BCUT2D eigenvalue weighted by atomic mass is 9.75. The van der Waals surface area contributed by atoms with Crippen LogP contribution in [-0.4, -0.2) is 51.7 Å². The van der Waals surface area contributed by atoms with Crippen LogP contribution in [0.5, 0.6) is 0 Å². The molecule has 36 heavy (non-hydrogen) atoms. The number of aryl methyl sites for hydroxylation is 2. The average molecular weight is 507 g/mol. The van der Waals surface area contributed by atoms with Gasteiger partial charge in [-0.15, -0.1) is 0 Å². The number of nitrogens with zero attached hydrogens (tertiary/aromatic N) is 4. The summed E-state index contributed by atoms with van der Waals surface area (Å²) in [6.07, 6.45) is 2.97. The Morgan fingerprint density at radius 2 is 1.94 bits per heavy atom. The number of hydrogen-bond donors (Lipinski definition) is 1. The van der Waals surface area contributed by atoms with E-state index in [4.69, 9.17) is 18.8 Å². The zero-order valence-corrected chi connectivity index (χ0v) is 20.9. The highest BCUT2D eigenvalue weighted by atomic mass is 32.1. The minimum absolute atomic E-state index is 0.0232. The lowest BCUT2D eigenvalue weighted by Gasteiger charge is -2.43. The van der Waals surface area contributed by atoms with Crippen LogP contribution in [0.1, 0.15) is 43.2 Å². The summed E-state index contributed by atoms with van der Waals surface area (Å²) >= 11 is 5.77. The van der Waals surface area contributed by atoms with Crippen LogP contribution in [0.3, 0.4) is 0 Å². The van der Waals surface area contributed by atoms with Gasteiger partial charge < -0.3 is 14.9 Å². The second-order valence-corrected chi connectivity index (χ2v) is 10.2. The molecule has 9 heteroatoms. The van der Waals surface area contributed by atoms with E-state index in [2.05, 4.69) is 4.85 Å². The normalized spacial score (nSPS) is 18.9. The van der Waals surface area contributed by atoms with E-state index in [1.807, 2.05) is 6.92 Å². The molecule has 0 bridgehead atoms. The van der Waals surface area contributed by atoms with Crippen molar-refractivity contribution in [2.45, 2.75) is 57.1 Å². The molecular formula is C27H27FN4O3S. The van der Waals surface area contributed by atoms with Crippen molar-refractivity contribution in [2.75, 3.05) is 22.9 Å². The van der Waals surface area contributed by atoms with E-state index < -0.39 is 11.6 Å². The number of amides is 2. The van der Waals surface area contributed by atoms with Gasteiger partial charge in [0.15, 0.2) is 10.8 Å². The summed E-state index contributed by atoms with van der Waals surface area (Å²) < 4.78 is 15.1. The molecule has 2 aromatic rings. The summed E-state index contributed by atoms with van der Waals surface area (Å²) in [5.41, 5.74) is 2.13. The van der Waals surface area contributed by atoms with E-state index in [1.54, 1.807) is 40.1 Å². The van der Waals surface area contributed by atoms with Crippen molar-refractivity contribution in [1.82, 2.24) is 4.90 Å². The zero-order chi connectivity index (χ0) is 25.6. The van der Waals surface area contributed by atoms with Gasteiger partial charge in [-0.25, -0.2) is 9.24 Å². The highest BCUT2D eigenvalue weighted by molar-refractivity contribution is 7.81. The van der Waals surface area contributed by atoms with Crippen LogP contribution in [0.15, 0.2) is 36.4 Å². The number of aliphatic hydroxyl groups is 1. The molecule has 1 spiro atoms. The van der Waals surface area contributed by atoms with E-state index in [1.165, 1.54) is 11.0 Å². The number of carbonyl (C=O) groups is 2. The molecule has 2 aromatic carbocycles. The van der Waals surface area contributed by atoms with E-state index in [0.29, 0.717) is 72.9 Å². The molecule has 0 atom stereocenters. The van der Waals surface area contributed by atoms with Crippen molar-refractivity contribution in [2.24, 2.45) is 0 Å². The third kappa shape index (κ3) is 3.94. The lowest BCUT2D eigenvalue weighted by molar-refractivity contribution is -0.141. The Labute approximate surface area is 214 Å². The van der Waals surface area contributed by atoms with Crippen molar-refractivity contribution >= 4 is 46.2 Å². The molecule has 3 fully saturated rings. The van der Waals surface area contributed by atoms with Gasteiger partial charge in [0.05, 0.1) is 12.7 Å². The molecule has 3 aliphatic rings. The SMILES string of the molecule is [C-]#[N+]c1ccc(N2C(=O)C3(CCC3)N(c3ccc(CCCC(=O)N4CC(O)C4)c(F)c3)C2=S)cc1C. The van der Waals surface area contributed by atoms with Crippen LogP contribution < -0.4 is 9.80 Å². The summed E-state index contributed by atoms with van der Waals surface area (Å²) in [7, 11) is 0. The van der Waals surface area contributed by atoms with Gasteiger partial charge in [0.2, 0.25) is 5.91 Å². The molecule has 0 aromatic heterocycles. The number of β-amino-alcohol motifs (C(OH)–C–C–N with tert-alkyl or cyclic N) is 1. The van der Waals surface area contributed by atoms with Crippen LogP contribution >= 0.6 is 12.2 Å². The molecule has 2 heterocycles. The maximum atomic E-state index is 15.1. The maximum absolute atomic E-state index is 15.1. The van der Waals surface area contributed by atoms with Crippen LogP contribution in [-0.2, 0) is 16.0 Å². The smallest absolute Gasteiger partial charge is 0.259 e. The lowest BCUT2D eigenvalue weighted by Crippen LogP contribution is -2.55. The third-order valence-corrected chi connectivity index (χ3v) is 7.86. The predicted octanol–water partition coefficient (Wildman–Crippen LogP) is 4.27. The second kappa shape index (κ2) is 9.26. The van der Waals surface area contributed by atoms with Crippen molar-refractivity contribution < 1.29 is 19.1 Å². The summed E-state index contributed by atoms with van der Waals surface area (Å²) in [6, 6.07) is 10.1. The van der Waals surface area contributed by atoms with Gasteiger partial charge in [0.1, 0.15) is 11.4 Å². The van der Waals surface area contributed by atoms with Crippen LogP contribution in [0, 0.1) is 19.3 Å². The Morgan fingerprint density at radius 1 is 1.22 bits per heavy atom. The zero-order valence-electron chi connectivity index (χ0n) is 20.0. The van der Waals surface area contributed by atoms with E-state index in [9.17, 15) is 14.7 Å². The highest BCUT2D eigenvalue weighted by Gasteiger charge is 2.59. The molecule has 186 valence electrons. The number of anilines is 2. The number of rotatable bonds is 6. The molecule has 2 amide bonds. The fourth-order valence-corrected chi connectivity index (χ4v) is 5.71. The summed E-state index contributed by atoms with van der Waals surface area (Å²) in [6.45, 7) is 9.85. The van der Waals surface area contributed by atoms with Crippen LogP contribution in [0.4, 0.5) is 21.5 Å². The molecular weight excluding hydrogens is 479 g/mol. The van der Waals surface area contributed by atoms with Crippen molar-refractivity contribution in [3.63, 3.8) is 0 Å². The van der Waals surface area contributed by atoms with E-state index in [0.717, 1.165) is 12.0 Å². The quantitative estimate of drug-likeness (QED) is 0.468. The Balaban J connectivity index is 1.35. The first-order chi connectivity index (χ1) is 17.2. The number of thiocarbonyl (C=S) groups is 1. The third-order valence-electron chi connectivity index (χ3n) is 7.50. The standard InChI is InChI=1S/C27H27FN4O3S/c1-17-13-19(9-10-23(17)29-2)31-25(35)27(11-4-12-27)32(26(31)36)20-8-7-18(22(28)14-20)5-3-6-24(34)30-15-21(33)16-30/h7-10,13-14,21,33H,3-6,11-12,15-16H2,1H3. The molecule has 5 rings (SSSR count). The number of likely N-dealkylation sites (tertiary alicyclic amines) is 1. The number of carbonyl (C=O) groups excluding carboxylic acids is 2. The maximum Gasteiger partial charge on any atom is 0.259 e. The van der Waals surface area contributed by atoms with Crippen LogP contribution in [0.25, 0.3) is 4.85 Å². The first kappa shape index (κ1) is 24.3.